The molecule has 0 aliphatic carbocycles. The van der Waals surface area contributed by atoms with Crippen LogP contribution >= 0.6 is 0 Å². The molecule has 2 nitrogen and oxygen atoms in total. The first-order valence-electron chi connectivity index (χ1n) is 4.88. The van der Waals surface area contributed by atoms with E-state index in [1.54, 1.807) is 0 Å². The summed E-state index contributed by atoms with van der Waals surface area (Å²) in [6, 6.07) is 8.20. The average Bonchev–Trinajstić information content (AvgIpc) is 2.92. The third-order valence-electron chi connectivity index (χ3n) is 2.73. The molecule has 0 saturated carbocycles. The fraction of sp³-hybridized carbons (Fsp3) is 0. The number of aromatic nitrogens is 2. The maximum Gasteiger partial charge on any atom is 0.202 e. The summed E-state index contributed by atoms with van der Waals surface area (Å²) in [6.45, 7) is 7.93. The normalized spacial score (nSPS) is 11.2. The second-order valence-corrected chi connectivity index (χ2v) is 7.08. The zero-order chi connectivity index (χ0) is 10.7. The maximum absolute atomic E-state index is 3.97. The van der Waals surface area contributed by atoms with E-state index in [1.165, 1.54) is 10.6 Å². The molecule has 0 fully saturated rings. The van der Waals surface area contributed by atoms with Gasteiger partial charge in [0.1, 0.15) is 0 Å². The summed E-state index contributed by atoms with van der Waals surface area (Å²) in [5.74, 6) is 0. The second-order valence-electron chi connectivity index (χ2n) is 3.44. The number of hydrogen-bond donors (Lipinski definition) is 2. The van der Waals surface area contributed by atoms with Crippen LogP contribution < -0.4 is 10.6 Å². The predicted molar refractivity (Wildman–Crippen MR) is 67.0 cm³/mol. The van der Waals surface area contributed by atoms with Gasteiger partial charge in [-0.1, -0.05) is 11.4 Å². The first kappa shape index (κ1) is 9.80. The minimum atomic E-state index is -1.97. The van der Waals surface area contributed by atoms with Gasteiger partial charge in [0.25, 0.3) is 0 Å². The van der Waals surface area contributed by atoms with Crippen molar-refractivity contribution in [3.05, 3.63) is 61.2 Å². The quantitative estimate of drug-likeness (QED) is 0.720. The Labute approximate surface area is 90.4 Å². The van der Waals surface area contributed by atoms with E-state index in [-0.39, 0.29) is 0 Å². The molecule has 0 aliphatic heterocycles. The van der Waals surface area contributed by atoms with Crippen LogP contribution in [0, 0.1) is 0 Å². The fourth-order valence-electron chi connectivity index (χ4n) is 1.84. The zero-order valence-corrected chi connectivity index (χ0v) is 9.53. The molecule has 0 spiro atoms. The van der Waals surface area contributed by atoms with Gasteiger partial charge in [-0.05, 0) is 24.3 Å². The summed E-state index contributed by atoms with van der Waals surface area (Å²) in [6.07, 6.45) is 3.88. The molecule has 3 heteroatoms. The van der Waals surface area contributed by atoms with Crippen molar-refractivity contribution in [1.82, 2.24) is 9.97 Å². The third kappa shape index (κ3) is 1.41. The van der Waals surface area contributed by atoms with Crippen molar-refractivity contribution in [1.29, 1.82) is 0 Å². The van der Waals surface area contributed by atoms with E-state index in [1.807, 2.05) is 35.9 Å². The van der Waals surface area contributed by atoms with E-state index in [0.717, 1.165) is 0 Å². The summed E-state index contributed by atoms with van der Waals surface area (Å²) in [7, 11) is -1.97. The highest BCUT2D eigenvalue weighted by molar-refractivity contribution is 7.08. The average molecular weight is 214 g/mol. The Morgan fingerprint density at radius 1 is 0.933 bits per heavy atom. The Morgan fingerprint density at radius 3 is 1.67 bits per heavy atom. The molecule has 2 heterocycles. The molecule has 0 aromatic carbocycles. The van der Waals surface area contributed by atoms with Crippen molar-refractivity contribution in [2.24, 2.45) is 0 Å². The van der Waals surface area contributed by atoms with Gasteiger partial charge in [0.05, 0.1) is 0 Å². The van der Waals surface area contributed by atoms with Gasteiger partial charge in [-0.15, -0.1) is 13.2 Å². The van der Waals surface area contributed by atoms with Gasteiger partial charge in [0.2, 0.25) is 8.07 Å². The summed E-state index contributed by atoms with van der Waals surface area (Å²) in [5.41, 5.74) is 4.05. The molecule has 0 saturated heterocycles. The molecule has 0 bridgehead atoms. The second kappa shape index (κ2) is 3.79. The Hall–Kier alpha value is -1.74. The van der Waals surface area contributed by atoms with Gasteiger partial charge < -0.3 is 9.97 Å². The van der Waals surface area contributed by atoms with Gasteiger partial charge in [0.15, 0.2) is 0 Å². The van der Waals surface area contributed by atoms with Crippen LogP contribution in [0.5, 0.6) is 0 Å². The Kier molecular flexibility index (Phi) is 2.47. The van der Waals surface area contributed by atoms with Crippen LogP contribution in [0.3, 0.4) is 0 Å². The molecule has 2 aromatic rings. The zero-order valence-electron chi connectivity index (χ0n) is 8.53. The van der Waals surface area contributed by atoms with E-state index < -0.39 is 8.07 Å². The molecule has 0 aliphatic rings. The van der Waals surface area contributed by atoms with Crippen molar-refractivity contribution in [3.8, 4) is 0 Å². The largest absolute Gasteiger partial charge is 0.368 e. The Balaban J connectivity index is 2.60. The first-order valence-corrected chi connectivity index (χ1v) is 7.04. The Bertz CT molecular complexity index is 396. The smallest absolute Gasteiger partial charge is 0.202 e. The number of H-pyrrole nitrogens is 2. The van der Waals surface area contributed by atoms with E-state index in [2.05, 4.69) is 35.3 Å². The standard InChI is InChI=1S/C12H14N2Si/c1-3-15(4-2,11-7-5-9-13-11)12-8-6-10-14-12/h3-10,13-14H,1-2H2. The number of aromatic amines is 2. The van der Waals surface area contributed by atoms with Crippen LogP contribution in [0.4, 0.5) is 0 Å². The van der Waals surface area contributed by atoms with E-state index in [0.29, 0.717) is 0 Å². The molecule has 0 unspecified atom stereocenters. The van der Waals surface area contributed by atoms with E-state index in [9.17, 15) is 0 Å². The highest BCUT2D eigenvalue weighted by Gasteiger charge is 2.32. The van der Waals surface area contributed by atoms with Crippen LogP contribution in [0.15, 0.2) is 61.2 Å². The lowest BCUT2D eigenvalue weighted by Crippen LogP contribution is -2.56. The summed E-state index contributed by atoms with van der Waals surface area (Å²) >= 11 is 0. The number of rotatable bonds is 4. The van der Waals surface area contributed by atoms with Crippen molar-refractivity contribution in [3.63, 3.8) is 0 Å². The monoisotopic (exact) mass is 214 g/mol. The van der Waals surface area contributed by atoms with Gasteiger partial charge in [-0.25, -0.2) is 0 Å². The molecular weight excluding hydrogens is 200 g/mol. The molecule has 2 rings (SSSR count). The van der Waals surface area contributed by atoms with Gasteiger partial charge in [0, 0.05) is 23.0 Å². The van der Waals surface area contributed by atoms with E-state index >= 15 is 0 Å². The van der Waals surface area contributed by atoms with Crippen LogP contribution in [0.25, 0.3) is 0 Å². The van der Waals surface area contributed by atoms with Crippen LogP contribution in [0.2, 0.25) is 0 Å². The highest BCUT2D eigenvalue weighted by Crippen LogP contribution is 2.05. The molecule has 0 radical (unpaired) electrons. The van der Waals surface area contributed by atoms with Crippen molar-refractivity contribution in [2.75, 3.05) is 0 Å². The maximum atomic E-state index is 3.97. The molecule has 2 aromatic heterocycles. The molecule has 2 N–H and O–H groups in total. The van der Waals surface area contributed by atoms with Crippen LogP contribution in [0.1, 0.15) is 0 Å². The van der Waals surface area contributed by atoms with Crippen LogP contribution in [-0.2, 0) is 0 Å². The first-order chi connectivity index (χ1) is 7.33. The molecule has 0 amide bonds. The van der Waals surface area contributed by atoms with Crippen molar-refractivity contribution in [2.45, 2.75) is 0 Å². The SMILES string of the molecule is C=C[Si](C=C)(c1ccc[nH]1)c1ccc[nH]1. The number of hydrogen-bond acceptors (Lipinski definition) is 0. The van der Waals surface area contributed by atoms with E-state index in [4.69, 9.17) is 0 Å². The van der Waals surface area contributed by atoms with Gasteiger partial charge in [-0.3, -0.25) is 0 Å². The summed E-state index contributed by atoms with van der Waals surface area (Å²) in [5, 5.41) is 2.41. The minimum absolute atomic E-state index is 1.20. The number of nitrogens with one attached hydrogen (secondary N) is 2. The lowest BCUT2D eigenvalue weighted by molar-refractivity contribution is 1.43. The Morgan fingerprint density at radius 2 is 1.40 bits per heavy atom. The van der Waals surface area contributed by atoms with Gasteiger partial charge in [-0.2, -0.15) is 0 Å². The molecular formula is C12H14N2Si. The molecule has 15 heavy (non-hydrogen) atoms. The topological polar surface area (TPSA) is 31.6 Å². The van der Waals surface area contributed by atoms with Gasteiger partial charge >= 0.3 is 0 Å². The highest BCUT2D eigenvalue weighted by atomic mass is 28.3. The fourth-order valence-corrected chi connectivity index (χ4v) is 4.57. The third-order valence-corrected chi connectivity index (χ3v) is 6.42. The lowest BCUT2D eigenvalue weighted by Gasteiger charge is -2.21. The summed E-state index contributed by atoms with van der Waals surface area (Å²) < 4.78 is 0. The minimum Gasteiger partial charge on any atom is -0.368 e. The van der Waals surface area contributed by atoms with Crippen LogP contribution in [-0.4, -0.2) is 18.0 Å². The molecule has 0 atom stereocenters. The van der Waals surface area contributed by atoms with Crippen molar-refractivity contribution >= 4 is 18.7 Å². The van der Waals surface area contributed by atoms with Crippen molar-refractivity contribution < 1.29 is 0 Å². The lowest BCUT2D eigenvalue weighted by atomic mass is 10.7. The molecule has 76 valence electrons. The predicted octanol–water partition coefficient (Wildman–Crippen LogP) is 1.36. The summed E-state index contributed by atoms with van der Waals surface area (Å²) in [4.78, 5) is 6.53.